The Morgan fingerprint density at radius 3 is 3.14 bits per heavy atom. The quantitative estimate of drug-likeness (QED) is 0.761. The maximum Gasteiger partial charge on any atom is 0.0431 e. The average Bonchev–Trinajstić information content (AvgIpc) is 2.62. The molecule has 0 spiro atoms. The van der Waals surface area contributed by atoms with Gasteiger partial charge < -0.3 is 5.32 Å². The van der Waals surface area contributed by atoms with E-state index in [1.165, 1.54) is 10.5 Å². The van der Waals surface area contributed by atoms with Crippen LogP contribution in [0.2, 0.25) is 0 Å². The van der Waals surface area contributed by atoms with E-state index in [2.05, 4.69) is 43.1 Å². The van der Waals surface area contributed by atoms with Gasteiger partial charge in [0.25, 0.3) is 0 Å². The van der Waals surface area contributed by atoms with E-state index >= 15 is 0 Å². The SMILES string of the molecule is C=CC(C)NC1CSc2ccccc21. The van der Waals surface area contributed by atoms with Crippen molar-refractivity contribution in [3.8, 4) is 0 Å². The van der Waals surface area contributed by atoms with E-state index in [4.69, 9.17) is 0 Å². The topological polar surface area (TPSA) is 12.0 Å². The maximum absolute atomic E-state index is 3.79. The summed E-state index contributed by atoms with van der Waals surface area (Å²) in [5.74, 6) is 1.14. The van der Waals surface area contributed by atoms with E-state index in [-0.39, 0.29) is 0 Å². The molecule has 0 fully saturated rings. The van der Waals surface area contributed by atoms with Crippen molar-refractivity contribution in [2.45, 2.75) is 23.9 Å². The first-order valence-corrected chi connectivity index (χ1v) is 5.90. The number of benzene rings is 1. The standard InChI is InChI=1S/C12H15NS/c1-3-9(2)13-11-8-14-12-7-5-4-6-10(11)12/h3-7,9,11,13H,1,8H2,2H3. The molecule has 0 bridgehead atoms. The summed E-state index contributed by atoms with van der Waals surface area (Å²) in [6.07, 6.45) is 1.95. The van der Waals surface area contributed by atoms with Gasteiger partial charge in [-0.25, -0.2) is 0 Å². The first kappa shape index (κ1) is 9.81. The van der Waals surface area contributed by atoms with E-state index in [9.17, 15) is 0 Å². The van der Waals surface area contributed by atoms with E-state index in [0.29, 0.717) is 12.1 Å². The molecule has 2 unspecified atom stereocenters. The van der Waals surface area contributed by atoms with Gasteiger partial charge in [-0.05, 0) is 18.6 Å². The van der Waals surface area contributed by atoms with Crippen LogP contribution in [0.3, 0.4) is 0 Å². The molecule has 2 atom stereocenters. The largest absolute Gasteiger partial charge is 0.303 e. The summed E-state index contributed by atoms with van der Waals surface area (Å²) in [4.78, 5) is 1.42. The van der Waals surface area contributed by atoms with E-state index < -0.39 is 0 Å². The Morgan fingerprint density at radius 1 is 1.57 bits per heavy atom. The summed E-state index contributed by atoms with van der Waals surface area (Å²) in [6, 6.07) is 9.49. The Labute approximate surface area is 89.6 Å². The van der Waals surface area contributed by atoms with Crippen LogP contribution < -0.4 is 5.32 Å². The zero-order valence-electron chi connectivity index (χ0n) is 8.36. The molecule has 2 rings (SSSR count). The van der Waals surface area contributed by atoms with Gasteiger partial charge in [-0.3, -0.25) is 0 Å². The summed E-state index contributed by atoms with van der Waals surface area (Å²) in [6.45, 7) is 5.93. The van der Waals surface area contributed by atoms with Crippen LogP contribution in [0.25, 0.3) is 0 Å². The fourth-order valence-electron chi connectivity index (χ4n) is 1.69. The predicted octanol–water partition coefficient (Wildman–Crippen LogP) is 3.00. The van der Waals surface area contributed by atoms with Crippen LogP contribution in [0.1, 0.15) is 18.5 Å². The fraction of sp³-hybridized carbons (Fsp3) is 0.333. The second-order valence-electron chi connectivity index (χ2n) is 3.59. The minimum atomic E-state index is 0.381. The zero-order valence-corrected chi connectivity index (χ0v) is 9.18. The molecule has 0 aromatic heterocycles. The lowest BCUT2D eigenvalue weighted by molar-refractivity contribution is 0.545. The molecule has 2 heteroatoms. The Balaban J connectivity index is 2.14. The Kier molecular flexibility index (Phi) is 2.94. The number of hydrogen-bond donors (Lipinski definition) is 1. The van der Waals surface area contributed by atoms with Gasteiger partial charge in [0.2, 0.25) is 0 Å². The lowest BCUT2D eigenvalue weighted by Crippen LogP contribution is -2.28. The van der Waals surface area contributed by atoms with Crippen molar-refractivity contribution in [3.63, 3.8) is 0 Å². The minimum absolute atomic E-state index is 0.381. The van der Waals surface area contributed by atoms with E-state index in [1.807, 2.05) is 17.8 Å². The lowest BCUT2D eigenvalue weighted by atomic mass is 10.1. The highest BCUT2D eigenvalue weighted by atomic mass is 32.2. The van der Waals surface area contributed by atoms with Crippen LogP contribution in [0, 0.1) is 0 Å². The van der Waals surface area contributed by atoms with Gasteiger partial charge in [0.05, 0.1) is 0 Å². The van der Waals surface area contributed by atoms with Crippen molar-refractivity contribution in [3.05, 3.63) is 42.5 Å². The Bertz CT molecular complexity index is 335. The van der Waals surface area contributed by atoms with Gasteiger partial charge in [-0.15, -0.1) is 18.3 Å². The maximum atomic E-state index is 3.79. The molecule has 0 radical (unpaired) electrons. The molecule has 1 heterocycles. The number of hydrogen-bond acceptors (Lipinski definition) is 2. The molecule has 1 aliphatic heterocycles. The van der Waals surface area contributed by atoms with Gasteiger partial charge in [0.15, 0.2) is 0 Å². The van der Waals surface area contributed by atoms with Crippen molar-refractivity contribution < 1.29 is 0 Å². The molecule has 14 heavy (non-hydrogen) atoms. The molecule has 1 aromatic carbocycles. The first-order valence-electron chi connectivity index (χ1n) is 4.91. The summed E-state index contributed by atoms with van der Waals surface area (Å²) >= 11 is 1.93. The van der Waals surface area contributed by atoms with Crippen LogP contribution in [0.4, 0.5) is 0 Å². The highest BCUT2D eigenvalue weighted by molar-refractivity contribution is 7.99. The summed E-state index contributed by atoms with van der Waals surface area (Å²) in [7, 11) is 0. The number of nitrogens with one attached hydrogen (secondary N) is 1. The van der Waals surface area contributed by atoms with Gasteiger partial charge in [-0.1, -0.05) is 24.3 Å². The smallest absolute Gasteiger partial charge is 0.0431 e. The molecule has 1 aliphatic rings. The normalized spacial score (nSPS) is 21.6. The van der Waals surface area contributed by atoms with E-state index in [0.717, 1.165) is 5.75 Å². The monoisotopic (exact) mass is 205 g/mol. The van der Waals surface area contributed by atoms with Crippen molar-refractivity contribution in [1.29, 1.82) is 0 Å². The third-order valence-electron chi connectivity index (χ3n) is 2.52. The first-order chi connectivity index (χ1) is 6.81. The Hall–Kier alpha value is -0.730. The van der Waals surface area contributed by atoms with Crippen LogP contribution in [0.15, 0.2) is 41.8 Å². The van der Waals surface area contributed by atoms with Crippen molar-refractivity contribution >= 4 is 11.8 Å². The summed E-state index contributed by atoms with van der Waals surface area (Å²) < 4.78 is 0. The molecular formula is C12H15NS. The molecule has 74 valence electrons. The molecule has 0 saturated heterocycles. The number of thioether (sulfide) groups is 1. The van der Waals surface area contributed by atoms with Gasteiger partial charge in [-0.2, -0.15) is 0 Å². The van der Waals surface area contributed by atoms with Crippen molar-refractivity contribution in [2.24, 2.45) is 0 Å². The third kappa shape index (κ3) is 1.86. The second kappa shape index (κ2) is 4.20. The summed E-state index contributed by atoms with van der Waals surface area (Å²) in [5.41, 5.74) is 1.44. The van der Waals surface area contributed by atoms with Gasteiger partial charge in [0, 0.05) is 22.7 Å². The molecule has 1 N–H and O–H groups in total. The van der Waals surface area contributed by atoms with E-state index in [1.54, 1.807) is 0 Å². The molecule has 1 nitrogen and oxygen atoms in total. The fourth-order valence-corrected chi connectivity index (χ4v) is 2.86. The second-order valence-corrected chi connectivity index (χ2v) is 4.65. The zero-order chi connectivity index (χ0) is 9.97. The van der Waals surface area contributed by atoms with Gasteiger partial charge >= 0.3 is 0 Å². The number of rotatable bonds is 3. The predicted molar refractivity (Wildman–Crippen MR) is 62.7 cm³/mol. The molecule has 0 aliphatic carbocycles. The van der Waals surface area contributed by atoms with Crippen LogP contribution >= 0.6 is 11.8 Å². The average molecular weight is 205 g/mol. The van der Waals surface area contributed by atoms with Crippen molar-refractivity contribution in [2.75, 3.05) is 5.75 Å². The van der Waals surface area contributed by atoms with Crippen LogP contribution in [0.5, 0.6) is 0 Å². The highest BCUT2D eigenvalue weighted by Gasteiger charge is 2.22. The summed E-state index contributed by atoms with van der Waals surface area (Å²) in [5, 5.41) is 3.55. The van der Waals surface area contributed by atoms with Crippen molar-refractivity contribution in [1.82, 2.24) is 5.32 Å². The third-order valence-corrected chi connectivity index (χ3v) is 3.70. The molecule has 0 amide bonds. The van der Waals surface area contributed by atoms with Crippen LogP contribution in [-0.4, -0.2) is 11.8 Å². The number of fused-ring (bicyclic) bond motifs is 1. The lowest BCUT2D eigenvalue weighted by Gasteiger charge is -2.16. The molecule has 1 aromatic rings. The molecule has 0 saturated carbocycles. The molecular weight excluding hydrogens is 190 g/mol. The van der Waals surface area contributed by atoms with Crippen LogP contribution in [-0.2, 0) is 0 Å². The Morgan fingerprint density at radius 2 is 2.36 bits per heavy atom. The minimum Gasteiger partial charge on any atom is -0.303 e. The highest BCUT2D eigenvalue weighted by Crippen LogP contribution is 2.37. The van der Waals surface area contributed by atoms with Gasteiger partial charge in [0.1, 0.15) is 0 Å².